The molecule has 0 unspecified atom stereocenters. The average Bonchev–Trinajstić information content (AvgIpc) is 2.59. The highest BCUT2D eigenvalue weighted by molar-refractivity contribution is 7.80. The molecule has 0 amide bonds. The number of hydrogen-bond donors (Lipinski definition) is 3. The van der Waals surface area contributed by atoms with Crippen LogP contribution in [0.4, 0.5) is 0 Å². The van der Waals surface area contributed by atoms with Crippen LogP contribution in [0.5, 0.6) is 0 Å². The third-order valence-corrected chi connectivity index (χ3v) is 2.00. The number of aliphatic hydroxyl groups excluding tert-OH is 1. The summed E-state index contributed by atoms with van der Waals surface area (Å²) >= 11 is 4.68. The second kappa shape index (κ2) is 4.96. The van der Waals surface area contributed by atoms with Crippen molar-refractivity contribution in [1.82, 2.24) is 5.06 Å². The number of carboxylic acid groups (broad SMARTS) is 2. The van der Waals surface area contributed by atoms with Crippen LogP contribution < -0.4 is 0 Å². The van der Waals surface area contributed by atoms with E-state index in [2.05, 4.69) is 17.2 Å². The molecule has 8 nitrogen and oxygen atoms in total. The molecule has 0 aromatic heterocycles. The molecule has 0 aliphatic carbocycles. The van der Waals surface area contributed by atoms with Gasteiger partial charge < -0.3 is 15.3 Å². The lowest BCUT2D eigenvalue weighted by molar-refractivity contribution is -0.201. The van der Waals surface area contributed by atoms with Gasteiger partial charge in [0.2, 0.25) is 11.2 Å². The van der Waals surface area contributed by atoms with Gasteiger partial charge in [0.15, 0.2) is 6.10 Å². The summed E-state index contributed by atoms with van der Waals surface area (Å²) in [6.45, 7) is 0.106. The molecular weight excluding hydrogens is 240 g/mol. The lowest BCUT2D eigenvalue weighted by Gasteiger charge is -2.22. The molecule has 0 saturated heterocycles. The Bertz CT molecular complexity index is 357. The molecule has 16 heavy (non-hydrogen) atoms. The van der Waals surface area contributed by atoms with Gasteiger partial charge in [-0.1, -0.05) is 0 Å². The van der Waals surface area contributed by atoms with Crippen LogP contribution in [-0.2, 0) is 14.4 Å². The van der Waals surface area contributed by atoms with Gasteiger partial charge in [-0.2, -0.15) is 0 Å². The minimum absolute atomic E-state index is 0.0242. The minimum atomic E-state index is -2.18. The number of aliphatic imine (C=N–C) groups is 1. The van der Waals surface area contributed by atoms with Gasteiger partial charge in [-0.15, -0.1) is 0 Å². The molecule has 0 bridgehead atoms. The molecule has 1 rings (SSSR count). The number of carboxylic acids is 2. The quantitative estimate of drug-likeness (QED) is 0.502. The summed E-state index contributed by atoms with van der Waals surface area (Å²) in [7, 11) is 0. The fraction of sp³-hybridized carbons (Fsp3) is 0.429. The van der Waals surface area contributed by atoms with Crippen LogP contribution in [0.15, 0.2) is 4.99 Å². The number of nitrogens with zero attached hydrogens (tertiary/aromatic N) is 2. The Morgan fingerprint density at radius 3 is 2.50 bits per heavy atom. The number of hydroxylamine groups is 2. The molecule has 0 radical (unpaired) electrons. The number of aliphatic carboxylic acids is 2. The van der Waals surface area contributed by atoms with E-state index in [4.69, 9.17) is 20.2 Å². The predicted octanol–water partition coefficient (Wildman–Crippen LogP) is -1.51. The predicted molar refractivity (Wildman–Crippen MR) is 53.9 cm³/mol. The van der Waals surface area contributed by atoms with E-state index in [0.717, 1.165) is 5.06 Å². The fourth-order valence-electron chi connectivity index (χ4n) is 0.928. The highest BCUT2D eigenvalue weighted by atomic mass is 32.1. The maximum Gasteiger partial charge on any atom is 0.339 e. The van der Waals surface area contributed by atoms with Crippen LogP contribution in [-0.4, -0.2) is 62.4 Å². The first kappa shape index (κ1) is 12.5. The maximum atomic E-state index is 10.7. The molecule has 0 aromatic rings. The van der Waals surface area contributed by atoms with Gasteiger partial charge in [0.05, 0.1) is 6.54 Å². The number of hydrogen-bond acceptors (Lipinski definition) is 5. The standard InChI is InChI=1S/C7H8N2O6S/c10-3(5(11)12)4(6(13)14)15-9-2-1-8-7(9)16/h1,3-4,10H,2H2,(H,11,12)(H,13,14)/t3-,4-/m1/s1. The van der Waals surface area contributed by atoms with E-state index in [-0.39, 0.29) is 11.7 Å². The molecule has 9 heteroatoms. The van der Waals surface area contributed by atoms with Crippen LogP contribution in [0.1, 0.15) is 0 Å². The van der Waals surface area contributed by atoms with Crippen molar-refractivity contribution in [3.05, 3.63) is 0 Å². The fourth-order valence-corrected chi connectivity index (χ4v) is 1.12. The number of aliphatic hydroxyl groups is 1. The van der Waals surface area contributed by atoms with Crippen LogP contribution in [0.3, 0.4) is 0 Å². The lowest BCUT2D eigenvalue weighted by Crippen LogP contribution is -2.46. The Kier molecular flexibility index (Phi) is 3.88. The largest absolute Gasteiger partial charge is 0.479 e. The Morgan fingerprint density at radius 1 is 1.50 bits per heavy atom. The van der Waals surface area contributed by atoms with Crippen molar-refractivity contribution in [2.24, 2.45) is 4.99 Å². The number of rotatable bonds is 5. The van der Waals surface area contributed by atoms with Crippen LogP contribution in [0.2, 0.25) is 0 Å². The van der Waals surface area contributed by atoms with Gasteiger partial charge in [0.25, 0.3) is 0 Å². The molecule has 0 fully saturated rings. The molecule has 2 atom stereocenters. The first-order valence-electron chi connectivity index (χ1n) is 4.08. The molecule has 1 aliphatic heterocycles. The Morgan fingerprint density at radius 2 is 2.12 bits per heavy atom. The summed E-state index contributed by atoms with van der Waals surface area (Å²) in [4.78, 5) is 29.5. The molecule has 0 spiro atoms. The van der Waals surface area contributed by atoms with Crippen molar-refractivity contribution >= 4 is 35.5 Å². The average molecular weight is 248 g/mol. The highest BCUT2D eigenvalue weighted by Crippen LogP contribution is 2.08. The van der Waals surface area contributed by atoms with Gasteiger partial charge >= 0.3 is 11.9 Å². The van der Waals surface area contributed by atoms with E-state index in [1.807, 2.05) is 0 Å². The van der Waals surface area contributed by atoms with Crippen molar-refractivity contribution in [3.63, 3.8) is 0 Å². The van der Waals surface area contributed by atoms with Gasteiger partial charge in [-0.3, -0.25) is 4.84 Å². The molecule has 88 valence electrons. The monoisotopic (exact) mass is 248 g/mol. The van der Waals surface area contributed by atoms with Crippen LogP contribution in [0.25, 0.3) is 0 Å². The van der Waals surface area contributed by atoms with Gasteiger partial charge in [0, 0.05) is 6.21 Å². The molecule has 1 heterocycles. The van der Waals surface area contributed by atoms with Gasteiger partial charge in [0.1, 0.15) is 0 Å². The summed E-state index contributed by atoms with van der Waals surface area (Å²) in [6.07, 6.45) is -2.74. The second-order valence-electron chi connectivity index (χ2n) is 2.80. The Hall–Kier alpha value is -1.58. The SMILES string of the molecule is O=C(O)[C@H](O)[C@@H](ON1CC=NC1=S)C(=O)O. The number of thiocarbonyl (C=S) groups is 1. The first-order valence-corrected chi connectivity index (χ1v) is 4.48. The zero-order chi connectivity index (χ0) is 12.3. The molecule has 0 saturated carbocycles. The summed E-state index contributed by atoms with van der Waals surface area (Å²) in [6, 6.07) is 0. The second-order valence-corrected chi connectivity index (χ2v) is 3.17. The van der Waals surface area contributed by atoms with E-state index in [1.54, 1.807) is 0 Å². The van der Waals surface area contributed by atoms with Crippen LogP contribution in [0, 0.1) is 0 Å². The zero-order valence-corrected chi connectivity index (χ0v) is 8.62. The van der Waals surface area contributed by atoms with Crippen molar-refractivity contribution < 1.29 is 29.7 Å². The van der Waals surface area contributed by atoms with E-state index in [0.29, 0.717) is 0 Å². The van der Waals surface area contributed by atoms with Gasteiger partial charge in [-0.05, 0) is 12.2 Å². The summed E-state index contributed by atoms with van der Waals surface area (Å²) in [5.74, 6) is -3.30. The van der Waals surface area contributed by atoms with Crippen molar-refractivity contribution in [1.29, 1.82) is 0 Å². The topological polar surface area (TPSA) is 120 Å². The highest BCUT2D eigenvalue weighted by Gasteiger charge is 2.36. The normalized spacial score (nSPS) is 18.6. The Labute approximate surface area is 94.7 Å². The Balaban J connectivity index is 2.69. The summed E-state index contributed by atoms with van der Waals surface area (Å²) < 4.78 is 0. The van der Waals surface area contributed by atoms with E-state index in [1.165, 1.54) is 6.21 Å². The van der Waals surface area contributed by atoms with Gasteiger partial charge in [-0.25, -0.2) is 19.6 Å². The zero-order valence-electron chi connectivity index (χ0n) is 7.81. The molecule has 0 aromatic carbocycles. The smallest absolute Gasteiger partial charge is 0.339 e. The number of carbonyl (C=O) groups is 2. The minimum Gasteiger partial charge on any atom is -0.479 e. The van der Waals surface area contributed by atoms with Crippen molar-refractivity contribution in [2.75, 3.05) is 6.54 Å². The van der Waals surface area contributed by atoms with Crippen LogP contribution >= 0.6 is 12.2 Å². The van der Waals surface area contributed by atoms with Crippen molar-refractivity contribution in [3.8, 4) is 0 Å². The summed E-state index contributed by atoms with van der Waals surface area (Å²) in [5.41, 5.74) is 0. The third kappa shape index (κ3) is 2.72. The van der Waals surface area contributed by atoms with E-state index >= 15 is 0 Å². The van der Waals surface area contributed by atoms with E-state index in [9.17, 15) is 9.59 Å². The third-order valence-electron chi connectivity index (χ3n) is 1.69. The molecule has 1 aliphatic rings. The van der Waals surface area contributed by atoms with E-state index < -0.39 is 24.1 Å². The lowest BCUT2D eigenvalue weighted by atomic mass is 10.2. The molecular formula is C7H8N2O6S. The van der Waals surface area contributed by atoms with Crippen molar-refractivity contribution in [2.45, 2.75) is 12.2 Å². The first-order chi connectivity index (χ1) is 7.43. The summed E-state index contributed by atoms with van der Waals surface area (Å²) in [5, 5.41) is 27.1. The molecule has 3 N–H and O–H groups in total. The maximum absolute atomic E-state index is 10.7.